The van der Waals surface area contributed by atoms with Crippen LogP contribution in [-0.4, -0.2) is 22.0 Å². The molecule has 0 saturated heterocycles. The Bertz CT molecular complexity index is 129. The SMILES string of the molecule is CC(C)(C)ON(N)C(=O)O. The molecule has 0 aromatic carbocycles. The lowest BCUT2D eigenvalue weighted by Crippen LogP contribution is -2.42. The van der Waals surface area contributed by atoms with Crippen molar-refractivity contribution in [2.75, 3.05) is 0 Å². The highest BCUT2D eigenvalue weighted by molar-refractivity contribution is 5.62. The first kappa shape index (κ1) is 9.19. The van der Waals surface area contributed by atoms with Crippen LogP contribution in [-0.2, 0) is 4.84 Å². The van der Waals surface area contributed by atoms with Gasteiger partial charge >= 0.3 is 6.09 Å². The number of hydroxylamine groups is 1. The average molecular weight is 148 g/mol. The van der Waals surface area contributed by atoms with Gasteiger partial charge in [-0.2, -0.15) is 0 Å². The smallest absolute Gasteiger partial charge is 0.446 e. The van der Waals surface area contributed by atoms with E-state index in [0.29, 0.717) is 5.17 Å². The van der Waals surface area contributed by atoms with E-state index in [4.69, 9.17) is 15.8 Å². The molecule has 3 N–H and O–H groups in total. The normalized spacial score (nSPS) is 11.2. The number of rotatable bonds is 1. The minimum atomic E-state index is -1.31. The van der Waals surface area contributed by atoms with E-state index in [1.165, 1.54) is 0 Å². The zero-order valence-electron chi connectivity index (χ0n) is 6.29. The van der Waals surface area contributed by atoms with Gasteiger partial charge in [0, 0.05) is 0 Å². The molecule has 0 aliphatic heterocycles. The zero-order chi connectivity index (χ0) is 8.36. The summed E-state index contributed by atoms with van der Waals surface area (Å²) in [6.07, 6.45) is -1.31. The molecule has 0 aliphatic rings. The molecule has 0 aromatic rings. The fraction of sp³-hybridized carbons (Fsp3) is 0.800. The summed E-state index contributed by atoms with van der Waals surface area (Å²) in [5, 5.41) is 8.51. The van der Waals surface area contributed by atoms with Crippen LogP contribution >= 0.6 is 0 Å². The zero-order valence-corrected chi connectivity index (χ0v) is 6.29. The van der Waals surface area contributed by atoms with Crippen LogP contribution in [0.3, 0.4) is 0 Å². The molecule has 1 amide bonds. The summed E-state index contributed by atoms with van der Waals surface area (Å²) in [7, 11) is 0. The Morgan fingerprint density at radius 2 is 2.00 bits per heavy atom. The van der Waals surface area contributed by atoms with Gasteiger partial charge in [-0.3, -0.25) is 0 Å². The van der Waals surface area contributed by atoms with E-state index in [2.05, 4.69) is 0 Å². The minimum Gasteiger partial charge on any atom is -0.462 e. The van der Waals surface area contributed by atoms with E-state index in [-0.39, 0.29) is 0 Å². The van der Waals surface area contributed by atoms with E-state index in [0.717, 1.165) is 0 Å². The number of hydrogen-bond donors (Lipinski definition) is 2. The molecule has 0 rings (SSSR count). The molecule has 5 heteroatoms. The highest BCUT2D eigenvalue weighted by Crippen LogP contribution is 2.06. The molecule has 0 atom stereocenters. The Labute approximate surface area is 59.3 Å². The van der Waals surface area contributed by atoms with Gasteiger partial charge in [-0.25, -0.2) is 15.5 Å². The highest BCUT2D eigenvalue weighted by Gasteiger charge is 2.17. The van der Waals surface area contributed by atoms with Gasteiger partial charge in [-0.05, 0) is 20.8 Å². The number of carbonyl (C=O) groups is 1. The number of nitrogens with two attached hydrogens (primary N) is 1. The maximum atomic E-state index is 10.1. The summed E-state index contributed by atoms with van der Waals surface area (Å²) in [6, 6.07) is 0. The average Bonchev–Trinajstić information content (AvgIpc) is 1.60. The molecular formula is C5H12N2O3. The minimum absolute atomic E-state index is 0.292. The molecular weight excluding hydrogens is 136 g/mol. The molecule has 0 fully saturated rings. The van der Waals surface area contributed by atoms with Crippen molar-refractivity contribution in [2.24, 2.45) is 5.84 Å². The van der Waals surface area contributed by atoms with Crippen LogP contribution in [0.2, 0.25) is 0 Å². The Morgan fingerprint density at radius 1 is 1.60 bits per heavy atom. The standard InChI is InChI=1S/C5H12N2O3/c1-5(2,3)10-7(6)4(8)9/h6H2,1-3H3,(H,8,9). The van der Waals surface area contributed by atoms with Crippen LogP contribution in [0.25, 0.3) is 0 Å². The number of amides is 1. The summed E-state index contributed by atoms with van der Waals surface area (Å²) >= 11 is 0. The van der Waals surface area contributed by atoms with Crippen molar-refractivity contribution in [3.05, 3.63) is 0 Å². The highest BCUT2D eigenvalue weighted by atomic mass is 16.7. The molecule has 0 spiro atoms. The van der Waals surface area contributed by atoms with E-state index < -0.39 is 11.7 Å². The van der Waals surface area contributed by atoms with Crippen LogP contribution in [0.4, 0.5) is 4.79 Å². The molecule has 0 saturated carbocycles. The fourth-order valence-electron chi connectivity index (χ4n) is 0.334. The number of hydrazine groups is 1. The lowest BCUT2D eigenvalue weighted by atomic mass is 10.2. The van der Waals surface area contributed by atoms with Crippen molar-refractivity contribution in [2.45, 2.75) is 26.4 Å². The largest absolute Gasteiger partial charge is 0.462 e. The molecule has 60 valence electrons. The molecule has 0 bridgehead atoms. The van der Waals surface area contributed by atoms with Crippen LogP contribution < -0.4 is 5.84 Å². The maximum Gasteiger partial charge on any atom is 0.446 e. The summed E-state index contributed by atoms with van der Waals surface area (Å²) in [5.74, 6) is 4.91. The van der Waals surface area contributed by atoms with Gasteiger partial charge in [0.1, 0.15) is 0 Å². The lowest BCUT2D eigenvalue weighted by molar-refractivity contribution is -0.204. The molecule has 0 heterocycles. The third kappa shape index (κ3) is 4.11. The molecule has 10 heavy (non-hydrogen) atoms. The van der Waals surface area contributed by atoms with E-state index >= 15 is 0 Å². The first-order valence-corrected chi connectivity index (χ1v) is 2.80. The molecule has 0 radical (unpaired) electrons. The quantitative estimate of drug-likeness (QED) is 0.324. The third-order valence-electron chi connectivity index (χ3n) is 0.561. The van der Waals surface area contributed by atoms with E-state index in [1.54, 1.807) is 20.8 Å². The summed E-state index contributed by atoms with van der Waals surface area (Å²) < 4.78 is 0. The predicted molar refractivity (Wildman–Crippen MR) is 34.9 cm³/mol. The number of carboxylic acid groups (broad SMARTS) is 1. The fourth-order valence-corrected chi connectivity index (χ4v) is 0.334. The van der Waals surface area contributed by atoms with E-state index in [1.807, 2.05) is 0 Å². The van der Waals surface area contributed by atoms with Gasteiger partial charge in [-0.1, -0.05) is 0 Å². The Kier molecular flexibility index (Phi) is 2.62. The van der Waals surface area contributed by atoms with Crippen molar-refractivity contribution in [3.63, 3.8) is 0 Å². The van der Waals surface area contributed by atoms with Gasteiger partial charge < -0.3 is 5.11 Å². The van der Waals surface area contributed by atoms with Crippen molar-refractivity contribution in [1.29, 1.82) is 0 Å². The third-order valence-corrected chi connectivity index (χ3v) is 0.561. The summed E-state index contributed by atoms with van der Waals surface area (Å²) in [6.45, 7) is 5.11. The lowest BCUT2D eigenvalue weighted by Gasteiger charge is -2.23. The van der Waals surface area contributed by atoms with Crippen molar-refractivity contribution >= 4 is 6.09 Å². The predicted octanol–water partition coefficient (Wildman–Crippen LogP) is 0.570. The second-order valence-electron chi connectivity index (χ2n) is 2.81. The van der Waals surface area contributed by atoms with Gasteiger partial charge in [0.25, 0.3) is 0 Å². The van der Waals surface area contributed by atoms with Gasteiger partial charge in [-0.15, -0.1) is 5.17 Å². The Hall–Kier alpha value is -0.810. The van der Waals surface area contributed by atoms with Crippen LogP contribution in [0.5, 0.6) is 0 Å². The van der Waals surface area contributed by atoms with Crippen LogP contribution in [0, 0.1) is 0 Å². The molecule has 0 unspecified atom stereocenters. The maximum absolute atomic E-state index is 10.1. The summed E-state index contributed by atoms with van der Waals surface area (Å²) in [4.78, 5) is 14.8. The topological polar surface area (TPSA) is 75.8 Å². The van der Waals surface area contributed by atoms with Gasteiger partial charge in [0.05, 0.1) is 5.60 Å². The van der Waals surface area contributed by atoms with Crippen LogP contribution in [0.15, 0.2) is 0 Å². The second kappa shape index (κ2) is 2.85. The number of hydrogen-bond acceptors (Lipinski definition) is 3. The van der Waals surface area contributed by atoms with E-state index in [9.17, 15) is 4.79 Å². The Morgan fingerprint density at radius 3 is 2.10 bits per heavy atom. The van der Waals surface area contributed by atoms with Crippen molar-refractivity contribution in [1.82, 2.24) is 5.17 Å². The first-order valence-electron chi connectivity index (χ1n) is 2.80. The molecule has 0 aliphatic carbocycles. The van der Waals surface area contributed by atoms with Gasteiger partial charge in [0.2, 0.25) is 0 Å². The molecule has 5 nitrogen and oxygen atoms in total. The second-order valence-corrected chi connectivity index (χ2v) is 2.81. The Balaban J connectivity index is 3.80. The summed E-state index contributed by atoms with van der Waals surface area (Å²) in [5.41, 5.74) is -0.576. The van der Waals surface area contributed by atoms with Crippen LogP contribution in [0.1, 0.15) is 20.8 Å². The monoisotopic (exact) mass is 148 g/mol. The van der Waals surface area contributed by atoms with Crippen molar-refractivity contribution in [3.8, 4) is 0 Å². The van der Waals surface area contributed by atoms with Crippen molar-refractivity contribution < 1.29 is 14.7 Å². The first-order chi connectivity index (χ1) is 4.33. The number of nitrogens with zero attached hydrogens (tertiary/aromatic N) is 1. The molecule has 0 aromatic heterocycles. The van der Waals surface area contributed by atoms with Gasteiger partial charge in [0.15, 0.2) is 0 Å².